The standard InChI is InChI=1S/C22H16ClN5O3/c1-3-13-7-15(28-22(30)26-21(29)19(10-24)27-28)9-17(23)20(13)31-16-4-5-18-14(8-16)6-12(2)11-25-18/h4-9,11H,3H2,1-2H3,(H,26,29,30). The van der Waals surface area contributed by atoms with Crippen LogP contribution in [0.25, 0.3) is 16.6 Å². The fraction of sp³-hybridized carbons (Fsp3) is 0.136. The highest BCUT2D eigenvalue weighted by molar-refractivity contribution is 6.32. The monoisotopic (exact) mass is 433 g/mol. The molecular formula is C22H16ClN5O3. The van der Waals surface area contributed by atoms with Crippen molar-refractivity contribution in [3.05, 3.63) is 85.3 Å². The van der Waals surface area contributed by atoms with Crippen LogP contribution in [0.4, 0.5) is 0 Å². The minimum Gasteiger partial charge on any atom is -0.455 e. The van der Waals surface area contributed by atoms with Crippen molar-refractivity contribution in [2.75, 3.05) is 0 Å². The molecule has 31 heavy (non-hydrogen) atoms. The third kappa shape index (κ3) is 3.91. The molecule has 0 unspecified atom stereocenters. The normalized spacial score (nSPS) is 10.8. The van der Waals surface area contributed by atoms with Crippen LogP contribution in [0.15, 0.2) is 52.2 Å². The van der Waals surface area contributed by atoms with Crippen LogP contribution in [0.3, 0.4) is 0 Å². The Balaban J connectivity index is 1.78. The van der Waals surface area contributed by atoms with E-state index in [0.29, 0.717) is 23.6 Å². The van der Waals surface area contributed by atoms with Crippen LogP contribution in [0.5, 0.6) is 11.5 Å². The molecule has 0 aliphatic heterocycles. The predicted octanol–water partition coefficient (Wildman–Crippen LogP) is 3.66. The van der Waals surface area contributed by atoms with Gasteiger partial charge in [-0.3, -0.25) is 14.8 Å². The van der Waals surface area contributed by atoms with Crippen molar-refractivity contribution >= 4 is 22.5 Å². The van der Waals surface area contributed by atoms with Gasteiger partial charge in [-0.15, -0.1) is 5.10 Å². The lowest BCUT2D eigenvalue weighted by atomic mass is 10.1. The fourth-order valence-electron chi connectivity index (χ4n) is 3.18. The van der Waals surface area contributed by atoms with Crippen molar-refractivity contribution < 1.29 is 4.74 Å². The zero-order valence-corrected chi connectivity index (χ0v) is 17.4. The van der Waals surface area contributed by atoms with E-state index >= 15 is 0 Å². The molecule has 0 saturated heterocycles. The van der Waals surface area contributed by atoms with E-state index in [-0.39, 0.29) is 5.02 Å². The van der Waals surface area contributed by atoms with Gasteiger partial charge in [-0.2, -0.15) is 9.94 Å². The molecule has 0 spiro atoms. The Morgan fingerprint density at radius 1 is 1.23 bits per heavy atom. The lowest BCUT2D eigenvalue weighted by Gasteiger charge is -2.15. The highest BCUT2D eigenvalue weighted by atomic mass is 35.5. The third-order valence-electron chi connectivity index (χ3n) is 4.67. The molecule has 1 N–H and O–H groups in total. The van der Waals surface area contributed by atoms with Crippen molar-refractivity contribution in [1.29, 1.82) is 5.26 Å². The lowest BCUT2D eigenvalue weighted by molar-refractivity contribution is 0.477. The van der Waals surface area contributed by atoms with Gasteiger partial charge in [0.1, 0.15) is 17.6 Å². The summed E-state index contributed by atoms with van der Waals surface area (Å²) in [6.07, 6.45) is 2.36. The number of aryl methyl sites for hydroxylation is 2. The molecule has 0 atom stereocenters. The first kappa shape index (κ1) is 20.3. The van der Waals surface area contributed by atoms with Gasteiger partial charge in [0, 0.05) is 11.6 Å². The number of nitrogens with one attached hydrogen (secondary N) is 1. The maximum Gasteiger partial charge on any atom is 0.349 e. The molecule has 154 valence electrons. The first-order valence-electron chi connectivity index (χ1n) is 9.40. The number of benzene rings is 2. The molecule has 2 aromatic carbocycles. The number of aromatic nitrogens is 4. The number of hydrogen-bond donors (Lipinski definition) is 1. The Morgan fingerprint density at radius 2 is 2.03 bits per heavy atom. The average molecular weight is 434 g/mol. The zero-order chi connectivity index (χ0) is 22.1. The Labute approximate surface area is 181 Å². The topological polar surface area (TPSA) is 114 Å². The molecule has 2 heterocycles. The molecule has 2 aromatic heterocycles. The largest absolute Gasteiger partial charge is 0.455 e. The van der Waals surface area contributed by atoms with Crippen molar-refractivity contribution in [2.24, 2.45) is 0 Å². The zero-order valence-electron chi connectivity index (χ0n) is 16.6. The van der Waals surface area contributed by atoms with Gasteiger partial charge in [0.2, 0.25) is 5.69 Å². The van der Waals surface area contributed by atoms with Crippen LogP contribution < -0.4 is 16.0 Å². The van der Waals surface area contributed by atoms with E-state index in [0.717, 1.165) is 26.7 Å². The van der Waals surface area contributed by atoms with E-state index in [1.54, 1.807) is 18.3 Å². The van der Waals surface area contributed by atoms with Gasteiger partial charge in [0.25, 0.3) is 5.56 Å². The summed E-state index contributed by atoms with van der Waals surface area (Å²) >= 11 is 6.50. The summed E-state index contributed by atoms with van der Waals surface area (Å²) in [6, 6.07) is 12.4. The van der Waals surface area contributed by atoms with Crippen LogP contribution in [-0.2, 0) is 6.42 Å². The molecule has 4 aromatic rings. The number of halogens is 1. The van der Waals surface area contributed by atoms with Crippen molar-refractivity contribution in [1.82, 2.24) is 19.7 Å². The van der Waals surface area contributed by atoms with Crippen molar-refractivity contribution in [3.63, 3.8) is 0 Å². The Hall–Kier alpha value is -3.96. The van der Waals surface area contributed by atoms with Crippen LogP contribution >= 0.6 is 11.6 Å². The summed E-state index contributed by atoms with van der Waals surface area (Å²) in [4.78, 5) is 30.3. The molecule has 0 aliphatic carbocycles. The van der Waals surface area contributed by atoms with Crippen LogP contribution in [0.2, 0.25) is 5.02 Å². The van der Waals surface area contributed by atoms with E-state index in [1.165, 1.54) is 6.07 Å². The van der Waals surface area contributed by atoms with E-state index < -0.39 is 16.9 Å². The second-order valence-corrected chi connectivity index (χ2v) is 7.28. The lowest BCUT2D eigenvalue weighted by Crippen LogP contribution is -2.33. The number of nitrogens with zero attached hydrogens (tertiary/aromatic N) is 4. The highest BCUT2D eigenvalue weighted by Gasteiger charge is 2.15. The summed E-state index contributed by atoms with van der Waals surface area (Å²) in [5.41, 5.74) is 0.895. The second-order valence-electron chi connectivity index (χ2n) is 6.87. The maximum absolute atomic E-state index is 12.2. The molecule has 4 rings (SSSR count). The second kappa shape index (κ2) is 8.05. The Morgan fingerprint density at radius 3 is 2.77 bits per heavy atom. The molecule has 0 aliphatic rings. The van der Waals surface area contributed by atoms with Gasteiger partial charge in [-0.25, -0.2) is 4.79 Å². The van der Waals surface area contributed by atoms with Crippen LogP contribution in [-0.4, -0.2) is 19.7 Å². The summed E-state index contributed by atoms with van der Waals surface area (Å²) in [7, 11) is 0. The average Bonchev–Trinajstić information content (AvgIpc) is 2.75. The van der Waals surface area contributed by atoms with E-state index in [2.05, 4.69) is 15.1 Å². The molecule has 0 saturated carbocycles. The van der Waals surface area contributed by atoms with Gasteiger partial charge in [-0.05, 0) is 60.9 Å². The molecule has 0 amide bonds. The van der Waals surface area contributed by atoms with Gasteiger partial charge >= 0.3 is 5.69 Å². The summed E-state index contributed by atoms with van der Waals surface area (Å²) in [5.74, 6) is 1.04. The number of rotatable bonds is 4. The number of aromatic amines is 1. The third-order valence-corrected chi connectivity index (χ3v) is 4.95. The van der Waals surface area contributed by atoms with Crippen LogP contribution in [0, 0.1) is 18.3 Å². The van der Waals surface area contributed by atoms with Gasteiger partial charge < -0.3 is 4.74 Å². The quantitative estimate of drug-likeness (QED) is 0.525. The number of pyridine rings is 1. The minimum atomic E-state index is -0.841. The van der Waals surface area contributed by atoms with Gasteiger partial charge in [-0.1, -0.05) is 18.5 Å². The first-order chi connectivity index (χ1) is 14.9. The summed E-state index contributed by atoms with van der Waals surface area (Å²) in [6.45, 7) is 3.88. The number of fused-ring (bicyclic) bond motifs is 1. The smallest absolute Gasteiger partial charge is 0.349 e. The Kier molecular flexibility index (Phi) is 5.28. The maximum atomic E-state index is 12.2. The first-order valence-corrected chi connectivity index (χ1v) is 9.78. The number of ether oxygens (including phenoxy) is 1. The number of nitriles is 1. The molecule has 0 bridgehead atoms. The molecule has 0 fully saturated rings. The molecule has 0 radical (unpaired) electrons. The predicted molar refractivity (Wildman–Crippen MR) is 116 cm³/mol. The minimum absolute atomic E-state index is 0.259. The summed E-state index contributed by atoms with van der Waals surface area (Å²) < 4.78 is 7.02. The molecule has 8 nitrogen and oxygen atoms in total. The van der Waals surface area contributed by atoms with Crippen molar-refractivity contribution in [2.45, 2.75) is 20.3 Å². The highest BCUT2D eigenvalue weighted by Crippen LogP contribution is 2.36. The SMILES string of the molecule is CCc1cc(-n2nc(C#N)c(=O)[nH]c2=O)cc(Cl)c1Oc1ccc2ncc(C)cc2c1. The van der Waals surface area contributed by atoms with Gasteiger partial charge in [0.15, 0.2) is 0 Å². The fourth-order valence-corrected chi connectivity index (χ4v) is 3.45. The summed E-state index contributed by atoms with van der Waals surface area (Å²) in [5, 5.41) is 14.1. The van der Waals surface area contributed by atoms with Crippen molar-refractivity contribution in [3.8, 4) is 23.3 Å². The van der Waals surface area contributed by atoms with E-state index in [9.17, 15) is 9.59 Å². The molecule has 9 heteroatoms. The Bertz CT molecular complexity index is 1480. The van der Waals surface area contributed by atoms with E-state index in [4.69, 9.17) is 21.6 Å². The number of H-pyrrole nitrogens is 1. The van der Waals surface area contributed by atoms with Crippen LogP contribution in [0.1, 0.15) is 23.7 Å². The van der Waals surface area contributed by atoms with E-state index in [1.807, 2.05) is 38.1 Å². The number of hydrogen-bond acceptors (Lipinski definition) is 6. The van der Waals surface area contributed by atoms with Gasteiger partial charge in [0.05, 0.1) is 16.2 Å². The molecular weight excluding hydrogens is 418 g/mol.